The van der Waals surface area contributed by atoms with Gasteiger partial charge in [-0.2, -0.15) is 5.10 Å². The number of nitrogens with one attached hydrogen (secondary N) is 1. The maximum atomic E-state index is 6.38. The molecule has 0 radical (unpaired) electrons. The summed E-state index contributed by atoms with van der Waals surface area (Å²) in [5, 5.41) is 8.73. The Morgan fingerprint density at radius 2 is 1.96 bits per heavy atom. The maximum Gasteiger partial charge on any atom is 0.175 e. The number of hydrogen-bond acceptors (Lipinski definition) is 5. The van der Waals surface area contributed by atoms with Gasteiger partial charge in [-0.3, -0.25) is 4.90 Å². The van der Waals surface area contributed by atoms with Crippen LogP contribution in [0.15, 0.2) is 6.07 Å². The molecular weight excluding hydrogens is 390 g/mol. The Morgan fingerprint density at radius 1 is 1.25 bits per heavy atom. The minimum absolute atomic E-state index is 0.266. The van der Waals surface area contributed by atoms with Crippen LogP contribution in [0, 0.1) is 0 Å². The zero-order valence-corrected chi connectivity index (χ0v) is 19.6. The van der Waals surface area contributed by atoms with Gasteiger partial charge in [0, 0.05) is 27.3 Å². The summed E-state index contributed by atoms with van der Waals surface area (Å²) in [5.41, 5.74) is 3.05. The van der Waals surface area contributed by atoms with Crippen molar-refractivity contribution in [3.8, 4) is 0 Å². The largest absolute Gasteiger partial charge is 0.365 e. The van der Waals surface area contributed by atoms with Crippen molar-refractivity contribution in [3.63, 3.8) is 0 Å². The standard InChI is InChI=1S/C20H34ClN5OSi/c1-15(2)22-20-18-19(26(24-20)14-27-10-11-28(3,4)5)16(12-17(21)23-18)13-25-8-6-7-9-25/h12,15H,6-11,13-14H2,1-5H3,(H,22,24). The molecule has 0 aliphatic carbocycles. The molecule has 0 saturated carbocycles. The van der Waals surface area contributed by atoms with Gasteiger partial charge in [0.1, 0.15) is 17.4 Å². The Balaban J connectivity index is 1.90. The second-order valence-electron chi connectivity index (χ2n) is 9.28. The summed E-state index contributed by atoms with van der Waals surface area (Å²) in [6.45, 7) is 15.7. The van der Waals surface area contributed by atoms with E-state index >= 15 is 0 Å². The van der Waals surface area contributed by atoms with Crippen LogP contribution in [-0.4, -0.2) is 53.5 Å². The quantitative estimate of drug-likeness (QED) is 0.356. The highest BCUT2D eigenvalue weighted by atomic mass is 35.5. The Bertz CT molecular complexity index is 796. The number of fused-ring (bicyclic) bond motifs is 1. The number of pyridine rings is 1. The molecule has 0 spiro atoms. The lowest BCUT2D eigenvalue weighted by molar-refractivity contribution is 0.0817. The van der Waals surface area contributed by atoms with E-state index in [0.717, 1.165) is 49.1 Å². The lowest BCUT2D eigenvalue weighted by Gasteiger charge is -2.17. The fourth-order valence-electron chi connectivity index (χ4n) is 3.52. The first kappa shape index (κ1) is 21.6. The van der Waals surface area contributed by atoms with Crippen molar-refractivity contribution >= 4 is 36.5 Å². The van der Waals surface area contributed by atoms with Crippen LogP contribution in [0.1, 0.15) is 32.3 Å². The number of nitrogens with zero attached hydrogens (tertiary/aromatic N) is 4. The third-order valence-electron chi connectivity index (χ3n) is 4.97. The first-order valence-electron chi connectivity index (χ1n) is 10.4. The first-order chi connectivity index (χ1) is 13.2. The molecule has 0 unspecified atom stereocenters. The van der Waals surface area contributed by atoms with Crippen molar-refractivity contribution in [3.05, 3.63) is 16.8 Å². The summed E-state index contributed by atoms with van der Waals surface area (Å²) in [4.78, 5) is 7.08. The normalized spacial score (nSPS) is 15.8. The van der Waals surface area contributed by atoms with E-state index in [1.54, 1.807) is 0 Å². The third kappa shape index (κ3) is 5.69. The van der Waals surface area contributed by atoms with Gasteiger partial charge in [0.15, 0.2) is 5.82 Å². The minimum Gasteiger partial charge on any atom is -0.365 e. The van der Waals surface area contributed by atoms with Crippen LogP contribution in [0.25, 0.3) is 11.0 Å². The van der Waals surface area contributed by atoms with Crippen LogP contribution in [0.2, 0.25) is 30.8 Å². The predicted molar refractivity (Wildman–Crippen MR) is 120 cm³/mol. The Kier molecular flexibility index (Phi) is 7.01. The van der Waals surface area contributed by atoms with Crippen LogP contribution < -0.4 is 5.32 Å². The lowest BCUT2D eigenvalue weighted by Crippen LogP contribution is -2.22. The Hall–Kier alpha value is -1.15. The molecule has 28 heavy (non-hydrogen) atoms. The van der Waals surface area contributed by atoms with E-state index in [1.165, 1.54) is 18.4 Å². The average molecular weight is 424 g/mol. The number of aromatic nitrogens is 3. The van der Waals surface area contributed by atoms with Crippen molar-refractivity contribution in [2.75, 3.05) is 25.0 Å². The third-order valence-corrected chi connectivity index (χ3v) is 6.87. The number of rotatable bonds is 9. The zero-order chi connectivity index (χ0) is 20.3. The summed E-state index contributed by atoms with van der Waals surface area (Å²) in [6, 6.07) is 3.40. The van der Waals surface area contributed by atoms with Crippen LogP contribution in [0.4, 0.5) is 5.82 Å². The van der Waals surface area contributed by atoms with E-state index in [1.807, 2.05) is 10.7 Å². The fourth-order valence-corrected chi connectivity index (χ4v) is 4.50. The number of likely N-dealkylation sites (tertiary alicyclic amines) is 1. The topological polar surface area (TPSA) is 55.2 Å². The fraction of sp³-hybridized carbons (Fsp3) is 0.700. The van der Waals surface area contributed by atoms with Gasteiger partial charge >= 0.3 is 0 Å². The van der Waals surface area contributed by atoms with Gasteiger partial charge in [0.25, 0.3) is 0 Å². The molecule has 0 atom stereocenters. The first-order valence-corrected chi connectivity index (χ1v) is 14.4. The smallest absolute Gasteiger partial charge is 0.175 e. The molecule has 2 aromatic heterocycles. The number of halogens is 1. The molecule has 1 aliphatic heterocycles. The van der Waals surface area contributed by atoms with Gasteiger partial charge < -0.3 is 10.1 Å². The highest BCUT2D eigenvalue weighted by Crippen LogP contribution is 2.29. The van der Waals surface area contributed by atoms with Crippen molar-refractivity contribution in [2.45, 2.75) is 71.7 Å². The van der Waals surface area contributed by atoms with Crippen LogP contribution in [0.5, 0.6) is 0 Å². The van der Waals surface area contributed by atoms with Gasteiger partial charge in [0.05, 0.1) is 5.52 Å². The average Bonchev–Trinajstić information content (AvgIpc) is 3.19. The van der Waals surface area contributed by atoms with Gasteiger partial charge in [-0.25, -0.2) is 9.67 Å². The Morgan fingerprint density at radius 3 is 2.61 bits per heavy atom. The van der Waals surface area contributed by atoms with Gasteiger partial charge in [0.2, 0.25) is 0 Å². The van der Waals surface area contributed by atoms with Gasteiger partial charge in [-0.15, -0.1) is 0 Å². The maximum absolute atomic E-state index is 6.38. The van der Waals surface area contributed by atoms with Gasteiger partial charge in [-0.05, 0) is 57.5 Å². The molecule has 1 N–H and O–H groups in total. The van der Waals surface area contributed by atoms with E-state index in [2.05, 4.69) is 48.7 Å². The van der Waals surface area contributed by atoms with E-state index in [-0.39, 0.29) is 6.04 Å². The van der Waals surface area contributed by atoms with Crippen molar-refractivity contribution in [1.82, 2.24) is 19.7 Å². The molecule has 3 rings (SSSR count). The monoisotopic (exact) mass is 423 g/mol. The van der Waals surface area contributed by atoms with Gasteiger partial charge in [-0.1, -0.05) is 31.2 Å². The molecule has 0 bridgehead atoms. The molecular formula is C20H34ClN5OSi. The van der Waals surface area contributed by atoms with Crippen LogP contribution in [-0.2, 0) is 18.0 Å². The summed E-state index contributed by atoms with van der Waals surface area (Å²) in [6.07, 6.45) is 2.53. The van der Waals surface area contributed by atoms with E-state index in [9.17, 15) is 0 Å². The summed E-state index contributed by atoms with van der Waals surface area (Å²) >= 11 is 6.38. The number of anilines is 1. The van der Waals surface area contributed by atoms with Crippen LogP contribution in [0.3, 0.4) is 0 Å². The van der Waals surface area contributed by atoms with E-state index in [4.69, 9.17) is 21.4 Å². The molecule has 156 valence electrons. The number of ether oxygens (including phenoxy) is 1. The summed E-state index contributed by atoms with van der Waals surface area (Å²) in [7, 11) is -1.11. The second-order valence-corrected chi connectivity index (χ2v) is 15.3. The van der Waals surface area contributed by atoms with Crippen LogP contribution >= 0.6 is 11.6 Å². The molecule has 8 heteroatoms. The highest BCUT2D eigenvalue weighted by molar-refractivity contribution is 6.76. The van der Waals surface area contributed by atoms with Crippen molar-refractivity contribution < 1.29 is 4.74 Å². The van der Waals surface area contributed by atoms with E-state index in [0.29, 0.717) is 11.9 Å². The number of hydrogen-bond donors (Lipinski definition) is 1. The highest BCUT2D eigenvalue weighted by Gasteiger charge is 2.21. The van der Waals surface area contributed by atoms with Crippen molar-refractivity contribution in [2.24, 2.45) is 0 Å². The van der Waals surface area contributed by atoms with Crippen molar-refractivity contribution in [1.29, 1.82) is 0 Å². The summed E-state index contributed by atoms with van der Waals surface area (Å²) < 4.78 is 7.97. The molecule has 1 aliphatic rings. The van der Waals surface area contributed by atoms with E-state index < -0.39 is 8.07 Å². The summed E-state index contributed by atoms with van der Waals surface area (Å²) in [5.74, 6) is 0.781. The zero-order valence-electron chi connectivity index (χ0n) is 17.9. The minimum atomic E-state index is -1.11. The lowest BCUT2D eigenvalue weighted by atomic mass is 10.2. The molecule has 1 saturated heterocycles. The molecule has 0 aromatic carbocycles. The molecule has 1 fully saturated rings. The molecule has 6 nitrogen and oxygen atoms in total. The Labute approximate surface area is 174 Å². The molecule has 0 amide bonds. The SMILES string of the molecule is CC(C)Nc1nn(COCC[Si](C)(C)C)c2c(CN3CCCC3)cc(Cl)nc12. The molecule has 3 heterocycles. The second kappa shape index (κ2) is 9.11. The predicted octanol–water partition coefficient (Wildman–Crippen LogP) is 4.81. The molecule has 2 aromatic rings.